The van der Waals surface area contributed by atoms with Crippen molar-refractivity contribution < 1.29 is 8.42 Å². The van der Waals surface area contributed by atoms with Gasteiger partial charge in [0.05, 0.1) is 4.90 Å². The van der Waals surface area contributed by atoms with Crippen LogP contribution in [0.4, 0.5) is 5.69 Å². The lowest BCUT2D eigenvalue weighted by Gasteiger charge is -2.30. The Hall–Kier alpha value is -0.780. The molecule has 0 aromatic heterocycles. The van der Waals surface area contributed by atoms with Crippen molar-refractivity contribution in [2.24, 2.45) is 5.92 Å². The summed E-state index contributed by atoms with van der Waals surface area (Å²) in [7, 11) is -3.49. The molecule has 1 aliphatic rings. The van der Waals surface area contributed by atoms with Crippen LogP contribution in [0.1, 0.15) is 25.3 Å². The van der Waals surface area contributed by atoms with Gasteiger partial charge in [0.2, 0.25) is 10.0 Å². The molecule has 0 radical (unpaired) electrons. The van der Waals surface area contributed by atoms with Crippen LogP contribution in [0.2, 0.25) is 5.02 Å². The van der Waals surface area contributed by atoms with Gasteiger partial charge in [0.1, 0.15) is 0 Å². The summed E-state index contributed by atoms with van der Waals surface area (Å²) in [6.45, 7) is 4.97. The van der Waals surface area contributed by atoms with E-state index in [1.807, 2.05) is 0 Å². The second-order valence-electron chi connectivity index (χ2n) is 5.23. The van der Waals surface area contributed by atoms with E-state index in [4.69, 9.17) is 17.3 Å². The van der Waals surface area contributed by atoms with Crippen LogP contribution in [0.25, 0.3) is 0 Å². The van der Waals surface area contributed by atoms with Gasteiger partial charge < -0.3 is 5.73 Å². The maximum absolute atomic E-state index is 12.6. The molecule has 1 fully saturated rings. The van der Waals surface area contributed by atoms with Crippen molar-refractivity contribution in [1.82, 2.24) is 4.31 Å². The van der Waals surface area contributed by atoms with E-state index in [0.29, 0.717) is 35.3 Å². The molecule has 2 rings (SSSR count). The van der Waals surface area contributed by atoms with Crippen molar-refractivity contribution in [2.75, 3.05) is 18.8 Å². The fourth-order valence-electron chi connectivity index (χ4n) is 2.34. The standard InChI is InChI=1S/C13H19ClN2O2S/c1-9-4-3-5-16(8-9)19(17,18)11-6-12(14)10(2)13(15)7-11/h6-7,9H,3-5,8,15H2,1-2H3. The molecule has 1 aromatic carbocycles. The van der Waals surface area contributed by atoms with Crippen LogP contribution < -0.4 is 5.73 Å². The summed E-state index contributed by atoms with van der Waals surface area (Å²) in [5.41, 5.74) is 6.94. The quantitative estimate of drug-likeness (QED) is 0.854. The molecule has 1 atom stereocenters. The Labute approximate surface area is 119 Å². The SMILES string of the molecule is Cc1c(N)cc(S(=O)(=O)N2CCCC(C)C2)cc1Cl. The Morgan fingerprint density at radius 3 is 2.68 bits per heavy atom. The van der Waals surface area contributed by atoms with Crippen molar-refractivity contribution in [3.8, 4) is 0 Å². The van der Waals surface area contributed by atoms with Gasteiger partial charge >= 0.3 is 0 Å². The third-order valence-electron chi connectivity index (χ3n) is 3.62. The zero-order valence-corrected chi connectivity index (χ0v) is 12.8. The number of rotatable bonds is 2. The Bertz CT molecular complexity index is 563. The van der Waals surface area contributed by atoms with Crippen LogP contribution in [0.3, 0.4) is 0 Å². The molecular formula is C13H19ClN2O2S. The van der Waals surface area contributed by atoms with E-state index in [9.17, 15) is 8.42 Å². The first-order valence-corrected chi connectivity index (χ1v) is 8.20. The van der Waals surface area contributed by atoms with Crippen LogP contribution in [-0.2, 0) is 10.0 Å². The Morgan fingerprint density at radius 1 is 1.42 bits per heavy atom. The molecule has 2 N–H and O–H groups in total. The molecule has 0 aliphatic carbocycles. The van der Waals surface area contributed by atoms with Gasteiger partial charge in [-0.2, -0.15) is 4.31 Å². The minimum absolute atomic E-state index is 0.190. The molecule has 1 aliphatic heterocycles. The summed E-state index contributed by atoms with van der Waals surface area (Å²) in [5.74, 6) is 0.391. The molecule has 0 spiro atoms. The van der Waals surface area contributed by atoms with Crippen molar-refractivity contribution in [3.63, 3.8) is 0 Å². The highest BCUT2D eigenvalue weighted by Crippen LogP contribution is 2.29. The van der Waals surface area contributed by atoms with Crippen LogP contribution in [-0.4, -0.2) is 25.8 Å². The van der Waals surface area contributed by atoms with E-state index < -0.39 is 10.0 Å². The van der Waals surface area contributed by atoms with E-state index in [1.54, 1.807) is 6.92 Å². The molecular weight excluding hydrogens is 284 g/mol. The third-order valence-corrected chi connectivity index (χ3v) is 5.85. The summed E-state index contributed by atoms with van der Waals surface area (Å²) in [6, 6.07) is 2.98. The van der Waals surface area contributed by atoms with Crippen molar-refractivity contribution >= 4 is 27.3 Å². The zero-order chi connectivity index (χ0) is 14.2. The number of nitrogens with two attached hydrogens (primary N) is 1. The molecule has 0 amide bonds. The van der Waals surface area contributed by atoms with Crippen LogP contribution in [0.5, 0.6) is 0 Å². The maximum Gasteiger partial charge on any atom is 0.243 e. The number of nitrogen functional groups attached to an aromatic ring is 1. The van der Waals surface area contributed by atoms with Crippen molar-refractivity contribution in [1.29, 1.82) is 0 Å². The van der Waals surface area contributed by atoms with Gasteiger partial charge in [0.15, 0.2) is 0 Å². The lowest BCUT2D eigenvalue weighted by Crippen LogP contribution is -2.39. The van der Waals surface area contributed by atoms with Crippen LogP contribution >= 0.6 is 11.6 Å². The maximum atomic E-state index is 12.6. The summed E-state index contributed by atoms with van der Waals surface area (Å²) >= 11 is 6.03. The molecule has 106 valence electrons. The molecule has 6 heteroatoms. The highest BCUT2D eigenvalue weighted by atomic mass is 35.5. The van der Waals surface area contributed by atoms with E-state index in [2.05, 4.69) is 6.92 Å². The molecule has 1 heterocycles. The van der Waals surface area contributed by atoms with E-state index >= 15 is 0 Å². The minimum atomic E-state index is -3.49. The average Bonchev–Trinajstić information content (AvgIpc) is 2.35. The molecule has 1 saturated heterocycles. The average molecular weight is 303 g/mol. The predicted molar refractivity (Wildman–Crippen MR) is 77.8 cm³/mol. The first-order valence-electron chi connectivity index (χ1n) is 6.38. The van der Waals surface area contributed by atoms with Gasteiger partial charge in [-0.1, -0.05) is 18.5 Å². The topological polar surface area (TPSA) is 63.4 Å². The number of sulfonamides is 1. The smallest absolute Gasteiger partial charge is 0.243 e. The van der Waals surface area contributed by atoms with E-state index in [0.717, 1.165) is 12.8 Å². The summed E-state index contributed by atoms with van der Waals surface area (Å²) < 4.78 is 26.6. The lowest BCUT2D eigenvalue weighted by atomic mass is 10.0. The van der Waals surface area contributed by atoms with Gasteiger partial charge in [-0.25, -0.2) is 8.42 Å². The third kappa shape index (κ3) is 2.88. The number of benzene rings is 1. The number of hydrogen-bond acceptors (Lipinski definition) is 3. The van der Waals surface area contributed by atoms with Gasteiger partial charge in [0.25, 0.3) is 0 Å². The highest BCUT2D eigenvalue weighted by molar-refractivity contribution is 7.89. The first kappa shape index (κ1) is 14.6. The van der Waals surface area contributed by atoms with Crippen molar-refractivity contribution in [3.05, 3.63) is 22.7 Å². The molecule has 1 unspecified atom stereocenters. The zero-order valence-electron chi connectivity index (χ0n) is 11.2. The van der Waals surface area contributed by atoms with Gasteiger partial charge in [-0.3, -0.25) is 0 Å². The molecule has 4 nitrogen and oxygen atoms in total. The molecule has 0 saturated carbocycles. The summed E-state index contributed by atoms with van der Waals surface area (Å²) in [4.78, 5) is 0.190. The van der Waals surface area contributed by atoms with Crippen LogP contribution in [0.15, 0.2) is 17.0 Å². The van der Waals surface area contributed by atoms with Gasteiger partial charge in [0, 0.05) is 23.8 Å². The van der Waals surface area contributed by atoms with E-state index in [1.165, 1.54) is 16.4 Å². The summed E-state index contributed by atoms with van der Waals surface area (Å²) in [5, 5.41) is 0.392. The van der Waals surface area contributed by atoms with E-state index in [-0.39, 0.29) is 4.90 Å². The molecule has 1 aromatic rings. The number of halogens is 1. The largest absolute Gasteiger partial charge is 0.398 e. The molecule has 19 heavy (non-hydrogen) atoms. The number of nitrogens with zero attached hydrogens (tertiary/aromatic N) is 1. The van der Waals surface area contributed by atoms with Crippen LogP contribution in [0, 0.1) is 12.8 Å². The lowest BCUT2D eigenvalue weighted by molar-refractivity contribution is 0.281. The fraction of sp³-hybridized carbons (Fsp3) is 0.538. The number of anilines is 1. The second-order valence-corrected chi connectivity index (χ2v) is 7.57. The first-order chi connectivity index (χ1) is 8.82. The van der Waals surface area contributed by atoms with Gasteiger partial charge in [-0.15, -0.1) is 0 Å². The Balaban J connectivity index is 2.39. The highest BCUT2D eigenvalue weighted by Gasteiger charge is 2.29. The normalized spacial score (nSPS) is 21.5. The number of piperidine rings is 1. The van der Waals surface area contributed by atoms with Crippen molar-refractivity contribution in [2.45, 2.75) is 31.6 Å². The fourth-order valence-corrected chi connectivity index (χ4v) is 4.29. The Kier molecular flexibility index (Phi) is 4.08. The number of hydrogen-bond donors (Lipinski definition) is 1. The monoisotopic (exact) mass is 302 g/mol. The second kappa shape index (κ2) is 5.31. The summed E-state index contributed by atoms with van der Waals surface area (Å²) in [6.07, 6.45) is 1.97. The molecule has 0 bridgehead atoms. The Morgan fingerprint density at radius 2 is 2.11 bits per heavy atom. The van der Waals surface area contributed by atoms with Gasteiger partial charge in [-0.05, 0) is 43.4 Å². The minimum Gasteiger partial charge on any atom is -0.398 e. The predicted octanol–water partition coefficient (Wildman–Crippen LogP) is 2.65.